The van der Waals surface area contributed by atoms with Crippen molar-refractivity contribution in [2.75, 3.05) is 0 Å². The van der Waals surface area contributed by atoms with E-state index in [2.05, 4.69) is 10.3 Å². The van der Waals surface area contributed by atoms with Crippen molar-refractivity contribution >= 4 is 46.2 Å². The Labute approximate surface area is 149 Å². The molecule has 0 spiro atoms. The van der Waals surface area contributed by atoms with Crippen LogP contribution >= 0.6 is 23.4 Å². The summed E-state index contributed by atoms with van der Waals surface area (Å²) in [5, 5.41) is 2.68. The van der Waals surface area contributed by atoms with Crippen molar-refractivity contribution in [1.82, 2.24) is 5.32 Å². The average molecular weight is 387 g/mol. The number of rotatable bonds is 2. The highest BCUT2D eigenvalue weighted by Crippen LogP contribution is 2.36. The molecule has 0 radical (unpaired) electrons. The molecule has 25 heavy (non-hydrogen) atoms. The Hall–Kier alpha value is -2.19. The minimum atomic E-state index is -4.51. The second-order valence-electron chi connectivity index (χ2n) is 5.09. The summed E-state index contributed by atoms with van der Waals surface area (Å²) >= 11 is 6.89. The van der Waals surface area contributed by atoms with E-state index in [1.54, 1.807) is 19.1 Å². The fourth-order valence-corrected chi connectivity index (χ4v) is 3.00. The number of furan rings is 1. The first-order valence-corrected chi connectivity index (χ1v) is 8.14. The largest absolute Gasteiger partial charge is 0.462 e. The molecule has 1 aromatic heterocycles. The second-order valence-corrected chi connectivity index (χ2v) is 6.53. The predicted octanol–water partition coefficient (Wildman–Crippen LogP) is 5.15. The number of hydrogen-bond donors (Lipinski definition) is 1. The van der Waals surface area contributed by atoms with E-state index in [0.717, 1.165) is 30.0 Å². The van der Waals surface area contributed by atoms with Crippen LogP contribution in [0.2, 0.25) is 5.02 Å². The number of amides is 1. The fraction of sp³-hybridized carbons (Fsp3) is 0.125. The van der Waals surface area contributed by atoms with Crippen molar-refractivity contribution in [3.63, 3.8) is 0 Å². The van der Waals surface area contributed by atoms with E-state index in [9.17, 15) is 18.0 Å². The Balaban J connectivity index is 1.88. The molecule has 9 heteroatoms. The quantitative estimate of drug-likeness (QED) is 0.726. The van der Waals surface area contributed by atoms with Gasteiger partial charge in [-0.25, -0.2) is 4.99 Å². The van der Waals surface area contributed by atoms with E-state index in [0.29, 0.717) is 16.4 Å². The number of hydrogen-bond acceptors (Lipinski definition) is 4. The molecule has 1 aliphatic heterocycles. The summed E-state index contributed by atoms with van der Waals surface area (Å²) < 4.78 is 43.8. The van der Waals surface area contributed by atoms with Crippen LogP contribution < -0.4 is 5.32 Å². The number of halogens is 4. The molecule has 0 unspecified atom stereocenters. The molecule has 1 aromatic carbocycles. The lowest BCUT2D eigenvalue weighted by atomic mass is 10.2. The Kier molecular flexibility index (Phi) is 4.66. The van der Waals surface area contributed by atoms with E-state index in [1.807, 2.05) is 0 Å². The highest BCUT2D eigenvalue weighted by Gasteiger charge is 2.31. The first-order valence-electron chi connectivity index (χ1n) is 6.95. The van der Waals surface area contributed by atoms with Crippen molar-refractivity contribution in [3.8, 4) is 0 Å². The van der Waals surface area contributed by atoms with Gasteiger partial charge in [0.2, 0.25) is 0 Å². The molecule has 2 aromatic rings. The van der Waals surface area contributed by atoms with Crippen LogP contribution in [0, 0.1) is 6.92 Å². The molecule has 0 atom stereocenters. The third-order valence-corrected chi connectivity index (χ3v) is 4.41. The number of amidine groups is 1. The number of aryl methyl sites for hydroxylation is 1. The molecule has 3 rings (SSSR count). The van der Waals surface area contributed by atoms with Crippen molar-refractivity contribution in [2.45, 2.75) is 13.1 Å². The monoisotopic (exact) mass is 386 g/mol. The summed E-state index contributed by atoms with van der Waals surface area (Å²) in [6.45, 7) is 1.77. The summed E-state index contributed by atoms with van der Waals surface area (Å²) in [6.07, 6.45) is -2.98. The number of carbonyl (C=O) groups is 1. The predicted molar refractivity (Wildman–Crippen MR) is 90.7 cm³/mol. The highest BCUT2D eigenvalue weighted by atomic mass is 35.5. The van der Waals surface area contributed by atoms with E-state index >= 15 is 0 Å². The van der Waals surface area contributed by atoms with Gasteiger partial charge in [-0.3, -0.25) is 4.79 Å². The van der Waals surface area contributed by atoms with Gasteiger partial charge in [0.1, 0.15) is 11.5 Å². The van der Waals surface area contributed by atoms with Gasteiger partial charge in [-0.1, -0.05) is 11.6 Å². The van der Waals surface area contributed by atoms with E-state index in [4.69, 9.17) is 16.0 Å². The maximum atomic E-state index is 12.8. The van der Waals surface area contributed by atoms with Crippen molar-refractivity contribution in [3.05, 3.63) is 57.3 Å². The van der Waals surface area contributed by atoms with Crippen molar-refractivity contribution in [1.29, 1.82) is 0 Å². The summed E-state index contributed by atoms with van der Waals surface area (Å²) in [5.41, 5.74) is -0.943. The van der Waals surface area contributed by atoms with Gasteiger partial charge in [-0.05, 0) is 49.0 Å². The van der Waals surface area contributed by atoms with E-state index in [1.165, 1.54) is 6.08 Å². The number of aliphatic imine (C=N–C) groups is 1. The summed E-state index contributed by atoms with van der Waals surface area (Å²) in [6, 6.07) is 6.28. The van der Waals surface area contributed by atoms with Crippen LogP contribution in [0.3, 0.4) is 0 Å². The molecule has 1 amide bonds. The summed E-state index contributed by atoms with van der Waals surface area (Å²) in [5.74, 6) is 0.772. The van der Waals surface area contributed by atoms with Crippen LogP contribution in [-0.2, 0) is 11.0 Å². The van der Waals surface area contributed by atoms with Crippen molar-refractivity contribution < 1.29 is 22.4 Å². The average Bonchev–Trinajstić information content (AvgIpc) is 3.07. The molecule has 2 heterocycles. The van der Waals surface area contributed by atoms with Crippen LogP contribution in [-0.4, -0.2) is 11.1 Å². The molecule has 0 saturated carbocycles. The lowest BCUT2D eigenvalue weighted by Gasteiger charge is -2.08. The molecule has 4 nitrogen and oxygen atoms in total. The lowest BCUT2D eigenvalue weighted by molar-refractivity contribution is -0.137. The Morgan fingerprint density at radius 1 is 1.28 bits per heavy atom. The Morgan fingerprint density at radius 3 is 2.68 bits per heavy atom. The standard InChI is InChI=1S/C16H10ClF3N2O2S/c1-8-2-4-10(24-8)7-13-14(23)22-15(25-13)21-12-6-9(16(18,19)20)3-5-11(12)17/h2-7H,1H3,(H,21,22,23). The third kappa shape index (κ3) is 4.08. The second kappa shape index (κ2) is 6.61. The molecule has 1 saturated heterocycles. The molecule has 130 valence electrons. The highest BCUT2D eigenvalue weighted by molar-refractivity contribution is 8.18. The van der Waals surface area contributed by atoms with Crippen LogP contribution in [0.4, 0.5) is 18.9 Å². The number of carbonyl (C=O) groups excluding carboxylic acids is 1. The van der Waals surface area contributed by atoms with Gasteiger partial charge in [0.05, 0.1) is 21.2 Å². The molecule has 0 aliphatic carbocycles. The minimum absolute atomic E-state index is 0.0504. The lowest BCUT2D eigenvalue weighted by Crippen LogP contribution is -2.19. The first kappa shape index (κ1) is 17.6. The molecule has 0 bridgehead atoms. The van der Waals surface area contributed by atoms with Gasteiger partial charge < -0.3 is 9.73 Å². The number of alkyl halides is 3. The van der Waals surface area contributed by atoms with Crippen LogP contribution in [0.5, 0.6) is 0 Å². The first-order chi connectivity index (χ1) is 11.7. The fourth-order valence-electron chi connectivity index (χ4n) is 2.02. The maximum Gasteiger partial charge on any atom is 0.416 e. The normalized spacial score (nSPS) is 18.2. The molecule has 1 fully saturated rings. The molecular formula is C16H10ClF3N2O2S. The SMILES string of the molecule is Cc1ccc(C=C2SC(=Nc3cc(C(F)(F)F)ccc3Cl)NC2=O)o1. The van der Waals surface area contributed by atoms with Gasteiger partial charge in [0.25, 0.3) is 5.91 Å². The Morgan fingerprint density at radius 2 is 2.04 bits per heavy atom. The maximum absolute atomic E-state index is 12.8. The number of nitrogens with zero attached hydrogens (tertiary/aromatic N) is 1. The van der Waals surface area contributed by atoms with E-state index < -0.39 is 17.6 Å². The van der Waals surface area contributed by atoms with Gasteiger partial charge in [-0.15, -0.1) is 0 Å². The van der Waals surface area contributed by atoms with Gasteiger partial charge in [-0.2, -0.15) is 13.2 Å². The topological polar surface area (TPSA) is 54.6 Å². The van der Waals surface area contributed by atoms with Gasteiger partial charge >= 0.3 is 6.18 Å². The van der Waals surface area contributed by atoms with Crippen LogP contribution in [0.25, 0.3) is 6.08 Å². The molecular weight excluding hydrogens is 377 g/mol. The van der Waals surface area contributed by atoms with Crippen LogP contribution in [0.1, 0.15) is 17.1 Å². The zero-order chi connectivity index (χ0) is 18.2. The Bertz CT molecular complexity index is 903. The van der Waals surface area contributed by atoms with Gasteiger partial charge in [0, 0.05) is 6.08 Å². The minimum Gasteiger partial charge on any atom is -0.462 e. The summed E-state index contributed by atoms with van der Waals surface area (Å²) in [4.78, 5) is 16.3. The molecule has 1 aliphatic rings. The molecule has 1 N–H and O–H groups in total. The van der Waals surface area contributed by atoms with Gasteiger partial charge in [0.15, 0.2) is 5.17 Å². The number of thioether (sulfide) groups is 1. The zero-order valence-electron chi connectivity index (χ0n) is 12.6. The van der Waals surface area contributed by atoms with Crippen molar-refractivity contribution in [2.24, 2.45) is 4.99 Å². The number of benzene rings is 1. The van der Waals surface area contributed by atoms with Crippen LogP contribution in [0.15, 0.2) is 44.6 Å². The number of nitrogens with one attached hydrogen (secondary N) is 1. The van der Waals surface area contributed by atoms with E-state index in [-0.39, 0.29) is 15.9 Å². The zero-order valence-corrected chi connectivity index (χ0v) is 14.2. The third-order valence-electron chi connectivity index (χ3n) is 3.18. The summed E-state index contributed by atoms with van der Waals surface area (Å²) in [7, 11) is 0. The smallest absolute Gasteiger partial charge is 0.416 e.